The van der Waals surface area contributed by atoms with E-state index in [-0.39, 0.29) is 42.5 Å². The van der Waals surface area contributed by atoms with Crippen molar-refractivity contribution in [2.24, 2.45) is 11.7 Å². The minimum atomic E-state index is -0.946. The molecule has 4 amide bonds. The highest BCUT2D eigenvalue weighted by atomic mass is 35.5. The highest BCUT2D eigenvalue weighted by Gasteiger charge is 2.35. The summed E-state index contributed by atoms with van der Waals surface area (Å²) in [6.07, 6.45) is 5.63. The SMILES string of the molecule is COC(=O)[C@H]1CCC[C@@H](N(C)[C@@H](Cc2ccccc2)C(=O)NC(=O)CNC(=O)[C@@H](CCSC)NC(=O)[C@H](N)Cc2c(C)cc(O)cc2C)C1.Cl. The van der Waals surface area contributed by atoms with Gasteiger partial charge in [0.25, 0.3) is 0 Å². The number of benzene rings is 2. The second-order valence-corrected chi connectivity index (χ2v) is 13.7. The van der Waals surface area contributed by atoms with E-state index in [1.807, 2.05) is 62.4 Å². The molecule has 0 heterocycles. The lowest BCUT2D eigenvalue weighted by molar-refractivity contribution is -0.147. The van der Waals surface area contributed by atoms with Crippen molar-refractivity contribution in [3.05, 3.63) is 64.7 Å². The van der Waals surface area contributed by atoms with Crippen LogP contribution in [-0.4, -0.2) is 96.5 Å². The van der Waals surface area contributed by atoms with Crippen LogP contribution in [0.4, 0.5) is 0 Å². The maximum absolute atomic E-state index is 13.6. The standard InChI is InChI=1S/C36H51N5O7S.ClH/c1-22-16-27(42)17-23(2)28(22)20-29(37)33(44)39-30(14-15-49-5)34(45)38-21-32(43)40-35(46)31(18-24-10-7-6-8-11-24)41(3)26-13-9-12-25(19-26)36(47)48-4;/h6-8,10-11,16-17,25-26,29-31,42H,9,12-15,18-21,37H2,1-5H3,(H,38,45)(H,39,44)(H,40,43,46);1H/t25-,26+,29+,30+,31-;/m0./s1. The van der Waals surface area contributed by atoms with Gasteiger partial charge >= 0.3 is 5.97 Å². The summed E-state index contributed by atoms with van der Waals surface area (Å²) in [7, 11) is 3.21. The average molecular weight is 734 g/mol. The van der Waals surface area contributed by atoms with Gasteiger partial charge in [-0.3, -0.25) is 34.2 Å². The second kappa shape index (κ2) is 20.9. The number of amides is 4. The molecule has 1 saturated carbocycles. The van der Waals surface area contributed by atoms with E-state index in [1.54, 1.807) is 12.1 Å². The fourth-order valence-electron chi connectivity index (χ4n) is 6.37. The number of nitrogens with zero attached hydrogens (tertiary/aromatic N) is 1. The molecule has 0 bridgehead atoms. The Morgan fingerprint density at radius 1 is 1.02 bits per heavy atom. The molecule has 12 nitrogen and oxygen atoms in total. The fourth-order valence-corrected chi connectivity index (χ4v) is 6.84. The molecule has 0 unspecified atom stereocenters. The number of methoxy groups -OCH3 is 1. The van der Waals surface area contributed by atoms with Crippen LogP contribution in [0.25, 0.3) is 0 Å². The Morgan fingerprint density at radius 2 is 1.68 bits per heavy atom. The molecule has 0 radical (unpaired) electrons. The van der Waals surface area contributed by atoms with E-state index < -0.39 is 48.3 Å². The summed E-state index contributed by atoms with van der Waals surface area (Å²) >= 11 is 1.50. The topological polar surface area (TPSA) is 180 Å². The van der Waals surface area contributed by atoms with Crippen molar-refractivity contribution < 1.29 is 33.8 Å². The number of nitrogens with two attached hydrogens (primary N) is 1. The Bertz CT molecular complexity index is 1440. The number of aryl methyl sites for hydroxylation is 2. The Kier molecular flexibility index (Phi) is 17.8. The largest absolute Gasteiger partial charge is 0.508 e. The first-order chi connectivity index (χ1) is 23.3. The number of esters is 1. The summed E-state index contributed by atoms with van der Waals surface area (Å²) in [6.45, 7) is 3.19. The van der Waals surface area contributed by atoms with Crippen molar-refractivity contribution in [3.8, 4) is 5.75 Å². The second-order valence-electron chi connectivity index (χ2n) is 12.8. The van der Waals surface area contributed by atoms with E-state index in [9.17, 15) is 29.1 Å². The minimum Gasteiger partial charge on any atom is -0.508 e. The smallest absolute Gasteiger partial charge is 0.308 e. The number of hydrogen-bond acceptors (Lipinski definition) is 10. The quantitative estimate of drug-likeness (QED) is 0.161. The van der Waals surface area contributed by atoms with Gasteiger partial charge < -0.3 is 26.2 Å². The predicted octanol–water partition coefficient (Wildman–Crippen LogP) is 2.57. The van der Waals surface area contributed by atoms with Crippen molar-refractivity contribution in [2.45, 2.75) is 83.0 Å². The minimum absolute atomic E-state index is 0. The summed E-state index contributed by atoms with van der Waals surface area (Å²) in [5, 5.41) is 17.6. The molecule has 14 heteroatoms. The van der Waals surface area contributed by atoms with Gasteiger partial charge in [-0.15, -0.1) is 12.4 Å². The van der Waals surface area contributed by atoms with Crippen LogP contribution in [0, 0.1) is 19.8 Å². The molecule has 0 aliphatic heterocycles. The van der Waals surface area contributed by atoms with Crippen molar-refractivity contribution >= 4 is 53.8 Å². The lowest BCUT2D eigenvalue weighted by Gasteiger charge is -2.38. The third-order valence-corrected chi connectivity index (χ3v) is 9.84. The third-order valence-electron chi connectivity index (χ3n) is 9.19. The molecule has 1 fully saturated rings. The third kappa shape index (κ3) is 12.6. The molecular weight excluding hydrogens is 682 g/mol. The van der Waals surface area contributed by atoms with Crippen LogP contribution < -0.4 is 21.7 Å². The molecule has 276 valence electrons. The molecule has 1 aliphatic rings. The monoisotopic (exact) mass is 733 g/mol. The molecule has 1 aliphatic carbocycles. The Balaban J connectivity index is 0.00000867. The van der Waals surface area contributed by atoms with E-state index in [4.69, 9.17) is 10.5 Å². The summed E-state index contributed by atoms with van der Waals surface area (Å²) in [5.74, 6) is -2.09. The number of nitrogens with one attached hydrogen (secondary N) is 3. The Morgan fingerprint density at radius 3 is 2.30 bits per heavy atom. The summed E-state index contributed by atoms with van der Waals surface area (Å²) in [6, 6.07) is 10.0. The number of ether oxygens (including phenoxy) is 1. The number of imide groups is 1. The van der Waals surface area contributed by atoms with Crippen molar-refractivity contribution in [1.29, 1.82) is 0 Å². The van der Waals surface area contributed by atoms with E-state index in [0.717, 1.165) is 41.5 Å². The van der Waals surface area contributed by atoms with Gasteiger partial charge in [0.1, 0.15) is 11.8 Å². The molecule has 6 N–H and O–H groups in total. The van der Waals surface area contributed by atoms with Crippen molar-refractivity contribution in [2.75, 3.05) is 32.7 Å². The van der Waals surface area contributed by atoms with Gasteiger partial charge in [-0.05, 0) is 106 Å². The molecule has 2 aromatic carbocycles. The van der Waals surface area contributed by atoms with Gasteiger partial charge in [-0.1, -0.05) is 36.8 Å². The van der Waals surface area contributed by atoms with Gasteiger partial charge in [0.05, 0.1) is 31.7 Å². The van der Waals surface area contributed by atoms with Crippen LogP contribution in [0.15, 0.2) is 42.5 Å². The zero-order valence-electron chi connectivity index (χ0n) is 29.5. The first kappa shape index (κ1) is 42.5. The number of hydrogen-bond donors (Lipinski definition) is 5. The molecule has 5 atom stereocenters. The zero-order chi connectivity index (χ0) is 36.1. The van der Waals surface area contributed by atoms with Gasteiger partial charge in [0.15, 0.2) is 0 Å². The average Bonchev–Trinajstić information content (AvgIpc) is 3.08. The van der Waals surface area contributed by atoms with E-state index in [2.05, 4.69) is 16.0 Å². The predicted molar refractivity (Wildman–Crippen MR) is 197 cm³/mol. The Labute approximate surface area is 305 Å². The van der Waals surface area contributed by atoms with E-state index >= 15 is 0 Å². The normalized spacial score (nSPS) is 17.4. The highest BCUT2D eigenvalue weighted by molar-refractivity contribution is 7.98. The number of phenolic OH excluding ortho intramolecular Hbond substituents is 1. The maximum atomic E-state index is 13.6. The molecule has 50 heavy (non-hydrogen) atoms. The molecule has 0 aromatic heterocycles. The van der Waals surface area contributed by atoms with Crippen LogP contribution in [0.2, 0.25) is 0 Å². The van der Waals surface area contributed by atoms with E-state index in [1.165, 1.54) is 18.9 Å². The number of aromatic hydroxyl groups is 1. The molecule has 2 aromatic rings. The molecule has 0 spiro atoms. The van der Waals surface area contributed by atoms with Gasteiger partial charge in [-0.25, -0.2) is 0 Å². The van der Waals surface area contributed by atoms with Crippen LogP contribution in [0.1, 0.15) is 54.4 Å². The van der Waals surface area contributed by atoms with E-state index in [0.29, 0.717) is 25.0 Å². The first-order valence-electron chi connectivity index (χ1n) is 16.6. The van der Waals surface area contributed by atoms with Crippen molar-refractivity contribution in [1.82, 2.24) is 20.9 Å². The van der Waals surface area contributed by atoms with Crippen molar-refractivity contribution in [3.63, 3.8) is 0 Å². The van der Waals surface area contributed by atoms with Gasteiger partial charge in [0, 0.05) is 6.04 Å². The molecule has 0 saturated heterocycles. The Hall–Kier alpha value is -3.65. The number of phenols is 1. The van der Waals surface area contributed by atoms with Crippen LogP contribution >= 0.6 is 24.2 Å². The molecular formula is C36H52ClN5O7S. The fraction of sp³-hybridized carbons (Fsp3) is 0.528. The summed E-state index contributed by atoms with van der Waals surface area (Å²) < 4.78 is 4.97. The lowest BCUT2D eigenvalue weighted by atomic mass is 9.84. The summed E-state index contributed by atoms with van der Waals surface area (Å²) in [5.41, 5.74) is 9.60. The van der Waals surface area contributed by atoms with Crippen LogP contribution in [0.5, 0.6) is 5.75 Å². The number of likely N-dealkylation sites (N-methyl/N-ethyl adjacent to an activating group) is 1. The summed E-state index contributed by atoms with van der Waals surface area (Å²) in [4.78, 5) is 67.1. The number of halogens is 1. The van der Waals surface area contributed by atoms with Gasteiger partial charge in [-0.2, -0.15) is 11.8 Å². The van der Waals surface area contributed by atoms with Crippen LogP contribution in [0.3, 0.4) is 0 Å². The molecule has 3 rings (SSSR count). The highest BCUT2D eigenvalue weighted by Crippen LogP contribution is 2.30. The number of thioether (sulfide) groups is 1. The number of rotatable bonds is 16. The van der Waals surface area contributed by atoms with Gasteiger partial charge in [0.2, 0.25) is 23.6 Å². The first-order valence-corrected chi connectivity index (χ1v) is 18.0. The number of carbonyl (C=O) groups is 5. The lowest BCUT2D eigenvalue weighted by Crippen LogP contribution is -2.55. The van der Waals surface area contributed by atoms with Crippen LogP contribution in [-0.2, 0) is 41.6 Å². The zero-order valence-corrected chi connectivity index (χ0v) is 31.2. The maximum Gasteiger partial charge on any atom is 0.308 e. The number of carbonyl (C=O) groups excluding carboxylic acids is 5.